The maximum absolute atomic E-state index is 13.3. The summed E-state index contributed by atoms with van der Waals surface area (Å²) in [5.41, 5.74) is 3.32. The summed E-state index contributed by atoms with van der Waals surface area (Å²) in [4.78, 5) is 28.6. The minimum atomic E-state index is -0.342. The quantitative estimate of drug-likeness (QED) is 0.617. The largest absolute Gasteiger partial charge is 0.496 e. The lowest BCUT2D eigenvalue weighted by Gasteiger charge is -2.17. The summed E-state index contributed by atoms with van der Waals surface area (Å²) in [6.07, 6.45) is 0. The molecule has 0 radical (unpaired) electrons. The molecule has 0 fully saturated rings. The Kier molecular flexibility index (Phi) is 5.18. The van der Waals surface area contributed by atoms with Crippen LogP contribution >= 0.6 is 11.3 Å². The average molecular weight is 404 g/mol. The van der Waals surface area contributed by atoms with Crippen molar-refractivity contribution in [3.63, 3.8) is 0 Å². The molecule has 3 aromatic rings. The summed E-state index contributed by atoms with van der Waals surface area (Å²) in [6.45, 7) is 2.13. The molecule has 5 nitrogen and oxygen atoms in total. The molecule has 4 rings (SSSR count). The Morgan fingerprint density at radius 3 is 2.55 bits per heavy atom. The fourth-order valence-corrected chi connectivity index (χ4v) is 4.12. The van der Waals surface area contributed by atoms with Crippen LogP contribution in [0, 0.1) is 6.92 Å². The molecule has 0 saturated heterocycles. The lowest BCUT2D eigenvalue weighted by atomic mass is 10.1. The van der Waals surface area contributed by atoms with Gasteiger partial charge in [-0.25, -0.2) is 0 Å². The number of methoxy groups -OCH3 is 1. The summed E-state index contributed by atoms with van der Waals surface area (Å²) >= 11 is 1.44. The van der Waals surface area contributed by atoms with Gasteiger partial charge in [-0.3, -0.25) is 14.5 Å². The summed E-state index contributed by atoms with van der Waals surface area (Å²) in [6, 6.07) is 18.8. The van der Waals surface area contributed by atoms with Crippen LogP contribution < -0.4 is 10.1 Å². The summed E-state index contributed by atoms with van der Waals surface area (Å²) in [7, 11) is 1.58. The van der Waals surface area contributed by atoms with Crippen molar-refractivity contribution in [1.82, 2.24) is 4.90 Å². The first-order valence-electron chi connectivity index (χ1n) is 9.18. The normalized spacial score (nSPS) is 13.9. The SMILES string of the molecule is COc1ccccc1CN1C(=O)C(Nc2cccc(C)c2)=C(c2cccs2)C1=O. The smallest absolute Gasteiger partial charge is 0.278 e. The number of nitrogens with one attached hydrogen (secondary N) is 1. The van der Waals surface area contributed by atoms with Gasteiger partial charge in [-0.1, -0.05) is 36.4 Å². The molecule has 29 heavy (non-hydrogen) atoms. The van der Waals surface area contributed by atoms with Gasteiger partial charge in [-0.05, 0) is 42.1 Å². The Bertz CT molecular complexity index is 1100. The van der Waals surface area contributed by atoms with E-state index in [0.29, 0.717) is 17.0 Å². The number of para-hydroxylation sites is 1. The minimum absolute atomic E-state index is 0.148. The molecule has 2 heterocycles. The van der Waals surface area contributed by atoms with Crippen LogP contribution in [0.2, 0.25) is 0 Å². The molecular formula is C23H20N2O3S. The van der Waals surface area contributed by atoms with E-state index in [1.807, 2.05) is 73.0 Å². The molecule has 0 unspecified atom stereocenters. The summed E-state index contributed by atoms with van der Waals surface area (Å²) in [5.74, 6) is -0.00446. The lowest BCUT2D eigenvalue weighted by Crippen LogP contribution is -2.32. The second-order valence-corrected chi connectivity index (χ2v) is 7.68. The monoisotopic (exact) mass is 404 g/mol. The molecule has 1 N–H and O–H groups in total. The highest BCUT2D eigenvalue weighted by atomic mass is 32.1. The number of rotatable bonds is 6. The van der Waals surface area contributed by atoms with Gasteiger partial charge in [0.05, 0.1) is 19.2 Å². The number of nitrogens with zero attached hydrogens (tertiary/aromatic N) is 1. The summed E-state index contributed by atoms with van der Waals surface area (Å²) in [5, 5.41) is 5.08. The van der Waals surface area contributed by atoms with Crippen molar-refractivity contribution in [2.24, 2.45) is 0 Å². The number of hydrogen-bond donors (Lipinski definition) is 1. The van der Waals surface area contributed by atoms with Gasteiger partial charge in [-0.15, -0.1) is 11.3 Å². The van der Waals surface area contributed by atoms with Crippen LogP contribution in [0.4, 0.5) is 5.69 Å². The van der Waals surface area contributed by atoms with E-state index in [1.165, 1.54) is 16.2 Å². The maximum atomic E-state index is 13.3. The van der Waals surface area contributed by atoms with Gasteiger partial charge in [0.15, 0.2) is 0 Å². The van der Waals surface area contributed by atoms with Crippen molar-refractivity contribution in [2.75, 3.05) is 12.4 Å². The van der Waals surface area contributed by atoms with Crippen LogP contribution in [0.5, 0.6) is 5.75 Å². The number of carbonyl (C=O) groups excluding carboxylic acids is 2. The number of aryl methyl sites for hydroxylation is 1. The van der Waals surface area contributed by atoms with Crippen LogP contribution in [0.15, 0.2) is 71.7 Å². The molecule has 0 bridgehead atoms. The van der Waals surface area contributed by atoms with E-state index in [9.17, 15) is 9.59 Å². The molecule has 0 atom stereocenters. The van der Waals surface area contributed by atoms with E-state index in [0.717, 1.165) is 21.7 Å². The van der Waals surface area contributed by atoms with Gasteiger partial charge in [0, 0.05) is 16.1 Å². The Labute approximate surface area is 173 Å². The zero-order valence-corrected chi connectivity index (χ0v) is 17.0. The zero-order valence-electron chi connectivity index (χ0n) is 16.1. The molecule has 0 aliphatic carbocycles. The maximum Gasteiger partial charge on any atom is 0.278 e. The summed E-state index contributed by atoms with van der Waals surface area (Å²) < 4.78 is 5.38. The highest BCUT2D eigenvalue weighted by Gasteiger charge is 2.40. The number of amides is 2. The molecule has 2 aromatic carbocycles. The zero-order chi connectivity index (χ0) is 20.4. The lowest BCUT2D eigenvalue weighted by molar-refractivity contribution is -0.137. The minimum Gasteiger partial charge on any atom is -0.496 e. The van der Waals surface area contributed by atoms with E-state index in [-0.39, 0.29) is 18.4 Å². The topological polar surface area (TPSA) is 58.6 Å². The van der Waals surface area contributed by atoms with Gasteiger partial charge in [0.25, 0.3) is 11.8 Å². The third kappa shape index (κ3) is 3.67. The second-order valence-electron chi connectivity index (χ2n) is 6.73. The van der Waals surface area contributed by atoms with E-state index < -0.39 is 0 Å². The molecule has 6 heteroatoms. The number of hydrogen-bond acceptors (Lipinski definition) is 5. The Morgan fingerprint density at radius 2 is 1.83 bits per heavy atom. The molecule has 1 aliphatic heterocycles. The van der Waals surface area contributed by atoms with Crippen LogP contribution in [-0.4, -0.2) is 23.8 Å². The molecule has 1 aliphatic rings. The van der Waals surface area contributed by atoms with Crippen molar-refractivity contribution in [2.45, 2.75) is 13.5 Å². The predicted octanol–water partition coefficient (Wildman–Crippen LogP) is 4.46. The third-order valence-corrected chi connectivity index (χ3v) is 5.63. The van der Waals surface area contributed by atoms with Crippen LogP contribution in [0.25, 0.3) is 5.57 Å². The molecule has 146 valence electrons. The molecule has 0 saturated carbocycles. The Hall–Kier alpha value is -3.38. The number of carbonyl (C=O) groups is 2. The number of thiophene rings is 1. The van der Waals surface area contributed by atoms with Gasteiger partial charge in [0.1, 0.15) is 11.4 Å². The number of anilines is 1. The van der Waals surface area contributed by atoms with Crippen LogP contribution in [-0.2, 0) is 16.1 Å². The van der Waals surface area contributed by atoms with E-state index in [1.54, 1.807) is 7.11 Å². The van der Waals surface area contributed by atoms with Gasteiger partial charge >= 0.3 is 0 Å². The van der Waals surface area contributed by atoms with Crippen molar-refractivity contribution in [3.8, 4) is 5.75 Å². The fourth-order valence-electron chi connectivity index (χ4n) is 3.36. The van der Waals surface area contributed by atoms with Gasteiger partial charge < -0.3 is 10.1 Å². The highest BCUT2D eigenvalue weighted by molar-refractivity contribution is 7.11. The van der Waals surface area contributed by atoms with Crippen molar-refractivity contribution < 1.29 is 14.3 Å². The Morgan fingerprint density at radius 1 is 1.00 bits per heavy atom. The Balaban J connectivity index is 1.72. The molecule has 0 spiro atoms. The van der Waals surface area contributed by atoms with Crippen LogP contribution in [0.1, 0.15) is 16.0 Å². The van der Waals surface area contributed by atoms with E-state index in [2.05, 4.69) is 5.32 Å². The van der Waals surface area contributed by atoms with Crippen molar-refractivity contribution in [1.29, 1.82) is 0 Å². The first-order valence-corrected chi connectivity index (χ1v) is 10.1. The predicted molar refractivity (Wildman–Crippen MR) is 115 cm³/mol. The average Bonchev–Trinajstić information content (AvgIpc) is 3.32. The van der Waals surface area contributed by atoms with Crippen molar-refractivity contribution >= 4 is 34.4 Å². The first kappa shape index (κ1) is 19.0. The van der Waals surface area contributed by atoms with Crippen LogP contribution in [0.3, 0.4) is 0 Å². The number of ether oxygens (including phenoxy) is 1. The standard InChI is InChI=1S/C23H20N2O3S/c1-15-7-5-9-17(13-15)24-21-20(19-11-6-12-29-19)22(26)25(23(21)27)14-16-8-3-4-10-18(16)28-2/h3-13,24H,14H2,1-2H3. The van der Waals surface area contributed by atoms with E-state index >= 15 is 0 Å². The fraction of sp³-hybridized carbons (Fsp3) is 0.130. The van der Waals surface area contributed by atoms with Gasteiger partial charge in [-0.2, -0.15) is 0 Å². The number of imide groups is 1. The van der Waals surface area contributed by atoms with Crippen molar-refractivity contribution in [3.05, 3.63) is 87.7 Å². The highest BCUT2D eigenvalue weighted by Crippen LogP contribution is 2.34. The van der Waals surface area contributed by atoms with E-state index in [4.69, 9.17) is 4.74 Å². The molecule has 2 amide bonds. The molecule has 1 aromatic heterocycles. The molecular weight excluding hydrogens is 384 g/mol. The first-order chi connectivity index (χ1) is 14.1. The third-order valence-electron chi connectivity index (χ3n) is 4.74. The number of benzene rings is 2. The van der Waals surface area contributed by atoms with Gasteiger partial charge in [0.2, 0.25) is 0 Å². The second kappa shape index (κ2) is 7.93.